The number of hydrogen-bond acceptors (Lipinski definition) is 2. The molecular formula is C8H13BrO2. The first-order valence-electron chi connectivity index (χ1n) is 3.52. The van der Waals surface area contributed by atoms with Gasteiger partial charge in [-0.05, 0) is 28.3 Å². The van der Waals surface area contributed by atoms with E-state index in [9.17, 15) is 4.79 Å². The van der Waals surface area contributed by atoms with Gasteiger partial charge in [0.05, 0.1) is 11.6 Å². The molecule has 0 fully saturated rings. The molecule has 0 saturated heterocycles. The Bertz CT molecular complexity index is 161. The molecule has 0 saturated carbocycles. The minimum Gasteiger partial charge on any atom is -0.465 e. The van der Waals surface area contributed by atoms with Gasteiger partial charge in [0, 0.05) is 0 Å². The van der Waals surface area contributed by atoms with Crippen molar-refractivity contribution in [2.75, 3.05) is 7.11 Å². The fraction of sp³-hybridized carbons (Fsp3) is 0.625. The second-order valence-electron chi connectivity index (χ2n) is 2.67. The van der Waals surface area contributed by atoms with E-state index in [0.29, 0.717) is 10.4 Å². The van der Waals surface area contributed by atoms with Crippen LogP contribution in [0, 0.1) is 5.92 Å². The highest BCUT2D eigenvalue weighted by Crippen LogP contribution is 2.11. The normalized spacial score (nSPS) is 11.9. The Labute approximate surface area is 75.7 Å². The van der Waals surface area contributed by atoms with E-state index < -0.39 is 0 Å². The van der Waals surface area contributed by atoms with Crippen LogP contribution in [0.5, 0.6) is 0 Å². The van der Waals surface area contributed by atoms with E-state index in [2.05, 4.69) is 34.5 Å². The first-order chi connectivity index (χ1) is 5.07. The molecule has 0 aliphatic carbocycles. The summed E-state index contributed by atoms with van der Waals surface area (Å²) in [5, 5.41) is 0. The zero-order valence-electron chi connectivity index (χ0n) is 7.06. The lowest BCUT2D eigenvalue weighted by molar-refractivity contribution is -0.135. The number of carbonyl (C=O) groups excluding carboxylic acids is 1. The summed E-state index contributed by atoms with van der Waals surface area (Å²) < 4.78 is 5.00. The Hall–Kier alpha value is -0.310. The molecule has 0 rings (SSSR count). The molecule has 0 aromatic rings. The summed E-state index contributed by atoms with van der Waals surface area (Å²) in [7, 11) is 1.37. The summed E-state index contributed by atoms with van der Waals surface area (Å²) >= 11 is 3.12. The number of halogens is 1. The van der Waals surface area contributed by atoms with Crippen molar-refractivity contribution in [3.05, 3.63) is 10.6 Å². The number of carbonyl (C=O) groups is 1. The van der Waals surface area contributed by atoms with Crippen LogP contribution in [0.15, 0.2) is 10.6 Å². The van der Waals surface area contributed by atoms with Crippen LogP contribution in [0.25, 0.3) is 0 Å². The molecule has 0 aliphatic heterocycles. The Morgan fingerprint density at radius 3 is 2.55 bits per heavy atom. The molecule has 64 valence electrons. The Morgan fingerprint density at radius 2 is 2.18 bits per heavy atom. The van der Waals surface area contributed by atoms with Crippen LogP contribution in [0.1, 0.15) is 20.3 Å². The smallest absolute Gasteiger partial charge is 0.344 e. The van der Waals surface area contributed by atoms with Crippen LogP contribution < -0.4 is 0 Å². The number of esters is 1. The van der Waals surface area contributed by atoms with Gasteiger partial charge < -0.3 is 4.74 Å². The summed E-state index contributed by atoms with van der Waals surface area (Å²) in [6.45, 7) is 4.18. The third-order valence-electron chi connectivity index (χ3n) is 1.15. The SMILES string of the molecule is COC(=O)/C(Br)=C/CC(C)C. The van der Waals surface area contributed by atoms with Gasteiger partial charge in [-0.15, -0.1) is 0 Å². The third-order valence-corrected chi connectivity index (χ3v) is 1.80. The standard InChI is InChI=1S/C8H13BrO2/c1-6(2)4-5-7(9)8(10)11-3/h5-6H,4H2,1-3H3/b7-5-. The molecule has 0 radical (unpaired) electrons. The van der Waals surface area contributed by atoms with Crippen LogP contribution in [0.3, 0.4) is 0 Å². The molecule has 0 spiro atoms. The molecule has 0 aromatic carbocycles. The highest BCUT2D eigenvalue weighted by Gasteiger charge is 2.03. The van der Waals surface area contributed by atoms with Crippen LogP contribution >= 0.6 is 15.9 Å². The van der Waals surface area contributed by atoms with Crippen molar-refractivity contribution in [3.8, 4) is 0 Å². The van der Waals surface area contributed by atoms with Crippen molar-refractivity contribution in [1.29, 1.82) is 0 Å². The van der Waals surface area contributed by atoms with E-state index in [1.807, 2.05) is 6.08 Å². The highest BCUT2D eigenvalue weighted by molar-refractivity contribution is 9.12. The zero-order chi connectivity index (χ0) is 8.85. The molecule has 0 unspecified atom stereocenters. The number of rotatable bonds is 3. The van der Waals surface area contributed by atoms with E-state index in [1.165, 1.54) is 7.11 Å². The van der Waals surface area contributed by atoms with Gasteiger partial charge in [-0.2, -0.15) is 0 Å². The molecule has 3 heteroatoms. The molecular weight excluding hydrogens is 208 g/mol. The van der Waals surface area contributed by atoms with Gasteiger partial charge in [-0.25, -0.2) is 4.79 Å². The molecule has 11 heavy (non-hydrogen) atoms. The van der Waals surface area contributed by atoms with Gasteiger partial charge in [0.1, 0.15) is 0 Å². The minimum atomic E-state index is -0.314. The monoisotopic (exact) mass is 220 g/mol. The van der Waals surface area contributed by atoms with Crippen LogP contribution in [0.2, 0.25) is 0 Å². The largest absolute Gasteiger partial charge is 0.465 e. The van der Waals surface area contributed by atoms with E-state index in [1.54, 1.807) is 0 Å². The lowest BCUT2D eigenvalue weighted by Crippen LogP contribution is -1.99. The molecule has 0 N–H and O–H groups in total. The summed E-state index contributed by atoms with van der Waals surface area (Å²) in [6.07, 6.45) is 2.71. The number of allylic oxidation sites excluding steroid dienone is 1. The van der Waals surface area contributed by atoms with E-state index >= 15 is 0 Å². The maximum Gasteiger partial charge on any atom is 0.344 e. The minimum absolute atomic E-state index is 0.314. The van der Waals surface area contributed by atoms with Gasteiger partial charge in [0.2, 0.25) is 0 Å². The van der Waals surface area contributed by atoms with Crippen molar-refractivity contribution >= 4 is 21.9 Å². The van der Waals surface area contributed by atoms with E-state index in [4.69, 9.17) is 0 Å². The number of methoxy groups -OCH3 is 1. The summed E-state index contributed by atoms with van der Waals surface area (Å²) in [5.74, 6) is 0.248. The topological polar surface area (TPSA) is 26.3 Å². The molecule has 0 aromatic heterocycles. The van der Waals surface area contributed by atoms with Crippen LogP contribution in [-0.4, -0.2) is 13.1 Å². The maximum absolute atomic E-state index is 10.8. The fourth-order valence-electron chi connectivity index (χ4n) is 0.520. The maximum atomic E-state index is 10.8. The molecule has 0 aliphatic rings. The number of hydrogen-bond donors (Lipinski definition) is 0. The molecule has 0 amide bonds. The predicted molar refractivity (Wildman–Crippen MR) is 48.5 cm³/mol. The Morgan fingerprint density at radius 1 is 1.64 bits per heavy atom. The Kier molecular flexibility index (Phi) is 5.20. The van der Waals surface area contributed by atoms with Crippen molar-refractivity contribution in [2.45, 2.75) is 20.3 Å². The second-order valence-corrected chi connectivity index (χ2v) is 3.53. The quantitative estimate of drug-likeness (QED) is 0.540. The second kappa shape index (κ2) is 5.35. The summed E-state index contributed by atoms with van der Waals surface area (Å²) in [6, 6.07) is 0. The van der Waals surface area contributed by atoms with Crippen molar-refractivity contribution in [3.63, 3.8) is 0 Å². The molecule has 0 atom stereocenters. The molecule has 2 nitrogen and oxygen atoms in total. The third kappa shape index (κ3) is 5.01. The Balaban J connectivity index is 3.90. The first kappa shape index (κ1) is 10.7. The van der Waals surface area contributed by atoms with E-state index in [-0.39, 0.29) is 5.97 Å². The number of ether oxygens (including phenoxy) is 1. The van der Waals surface area contributed by atoms with Crippen LogP contribution in [0.4, 0.5) is 0 Å². The molecule has 0 bridgehead atoms. The summed E-state index contributed by atoms with van der Waals surface area (Å²) in [4.78, 5) is 10.8. The van der Waals surface area contributed by atoms with Gasteiger partial charge in [0.15, 0.2) is 0 Å². The molecule has 0 heterocycles. The van der Waals surface area contributed by atoms with Gasteiger partial charge >= 0.3 is 5.97 Å². The van der Waals surface area contributed by atoms with Crippen molar-refractivity contribution < 1.29 is 9.53 Å². The van der Waals surface area contributed by atoms with Gasteiger partial charge in [0.25, 0.3) is 0 Å². The van der Waals surface area contributed by atoms with Crippen molar-refractivity contribution in [2.24, 2.45) is 5.92 Å². The van der Waals surface area contributed by atoms with Gasteiger partial charge in [-0.3, -0.25) is 0 Å². The van der Waals surface area contributed by atoms with Crippen LogP contribution in [-0.2, 0) is 9.53 Å². The summed E-state index contributed by atoms with van der Waals surface area (Å²) in [5.41, 5.74) is 0. The fourth-order valence-corrected chi connectivity index (χ4v) is 0.869. The lowest BCUT2D eigenvalue weighted by atomic mass is 10.1. The average molecular weight is 221 g/mol. The average Bonchev–Trinajstić information content (AvgIpc) is 1.98. The van der Waals surface area contributed by atoms with Crippen molar-refractivity contribution in [1.82, 2.24) is 0 Å². The first-order valence-corrected chi connectivity index (χ1v) is 4.31. The van der Waals surface area contributed by atoms with E-state index in [0.717, 1.165) is 6.42 Å². The predicted octanol–water partition coefficient (Wildman–Crippen LogP) is 2.48. The van der Waals surface area contributed by atoms with Gasteiger partial charge in [-0.1, -0.05) is 19.9 Å². The zero-order valence-corrected chi connectivity index (χ0v) is 8.64. The highest BCUT2D eigenvalue weighted by atomic mass is 79.9. The lowest BCUT2D eigenvalue weighted by Gasteiger charge is -1.99.